The topological polar surface area (TPSA) is 35.2 Å². The Bertz CT molecular complexity index is 410. The second kappa shape index (κ2) is 5.16. The van der Waals surface area contributed by atoms with Crippen LogP contribution in [0.3, 0.4) is 0 Å². The number of para-hydroxylation sites is 1. The van der Waals surface area contributed by atoms with E-state index in [0.29, 0.717) is 5.92 Å². The van der Waals surface area contributed by atoms with Crippen molar-refractivity contribution in [1.29, 1.82) is 0 Å². The highest BCUT2D eigenvalue weighted by Crippen LogP contribution is 2.38. The second-order valence-corrected chi connectivity index (χ2v) is 6.72. The van der Waals surface area contributed by atoms with Crippen molar-refractivity contribution in [2.75, 3.05) is 0 Å². The van der Waals surface area contributed by atoms with E-state index >= 15 is 0 Å². The molecule has 1 saturated carbocycles. The lowest BCUT2D eigenvalue weighted by Gasteiger charge is -2.36. The number of benzene rings is 1. The quantitative estimate of drug-likeness (QED) is 0.883. The first-order chi connectivity index (χ1) is 9.13. The van der Waals surface area contributed by atoms with Gasteiger partial charge in [-0.25, -0.2) is 0 Å². The van der Waals surface area contributed by atoms with Crippen molar-refractivity contribution in [1.82, 2.24) is 0 Å². The van der Waals surface area contributed by atoms with E-state index in [4.69, 9.17) is 10.5 Å². The van der Waals surface area contributed by atoms with Crippen LogP contribution in [-0.2, 0) is 6.42 Å². The van der Waals surface area contributed by atoms with Gasteiger partial charge in [0.05, 0.1) is 0 Å². The second-order valence-electron chi connectivity index (χ2n) is 6.72. The molecule has 2 N–H and O–H groups in total. The normalized spacial score (nSPS) is 35.5. The van der Waals surface area contributed by atoms with Gasteiger partial charge >= 0.3 is 0 Å². The van der Waals surface area contributed by atoms with Gasteiger partial charge in [0, 0.05) is 12.5 Å². The van der Waals surface area contributed by atoms with Gasteiger partial charge < -0.3 is 10.5 Å². The minimum absolute atomic E-state index is 0.178. The summed E-state index contributed by atoms with van der Waals surface area (Å²) in [5, 5.41) is 0. The molecule has 2 heteroatoms. The molecule has 0 radical (unpaired) electrons. The van der Waals surface area contributed by atoms with E-state index in [-0.39, 0.29) is 12.1 Å². The fourth-order valence-electron chi connectivity index (χ4n) is 4.05. The van der Waals surface area contributed by atoms with Crippen molar-refractivity contribution < 1.29 is 4.74 Å². The lowest BCUT2D eigenvalue weighted by atomic mass is 9.72. The molecule has 1 aliphatic carbocycles. The van der Waals surface area contributed by atoms with Gasteiger partial charge in [-0.1, -0.05) is 32.0 Å². The van der Waals surface area contributed by atoms with E-state index in [0.717, 1.165) is 24.0 Å². The number of hydrogen-bond donors (Lipinski definition) is 1. The highest BCUT2D eigenvalue weighted by atomic mass is 16.5. The Morgan fingerprint density at radius 1 is 1.11 bits per heavy atom. The van der Waals surface area contributed by atoms with E-state index in [1.165, 1.54) is 24.8 Å². The molecule has 1 fully saturated rings. The zero-order chi connectivity index (χ0) is 13.4. The minimum atomic E-state index is 0.178. The summed E-state index contributed by atoms with van der Waals surface area (Å²) in [5.74, 6) is 3.28. The Hall–Kier alpha value is -1.02. The van der Waals surface area contributed by atoms with Crippen LogP contribution in [0, 0.1) is 17.8 Å². The maximum absolute atomic E-state index is 6.53. The van der Waals surface area contributed by atoms with Gasteiger partial charge in [-0.15, -0.1) is 0 Å². The maximum Gasteiger partial charge on any atom is 0.123 e. The van der Waals surface area contributed by atoms with Crippen molar-refractivity contribution in [2.45, 2.75) is 51.7 Å². The molecule has 4 unspecified atom stereocenters. The Morgan fingerprint density at radius 2 is 1.79 bits per heavy atom. The lowest BCUT2D eigenvalue weighted by Crippen LogP contribution is -2.46. The average molecular weight is 259 g/mol. The lowest BCUT2D eigenvalue weighted by molar-refractivity contribution is 0.114. The number of ether oxygens (including phenoxy) is 1. The summed E-state index contributed by atoms with van der Waals surface area (Å²) >= 11 is 0. The fourth-order valence-corrected chi connectivity index (χ4v) is 4.05. The number of hydrogen-bond acceptors (Lipinski definition) is 2. The van der Waals surface area contributed by atoms with Crippen molar-refractivity contribution in [3.63, 3.8) is 0 Å². The molecule has 2 nitrogen and oxygen atoms in total. The molecule has 0 spiro atoms. The van der Waals surface area contributed by atoms with Gasteiger partial charge in [-0.2, -0.15) is 0 Å². The van der Waals surface area contributed by atoms with Gasteiger partial charge in [0.2, 0.25) is 0 Å². The Morgan fingerprint density at radius 3 is 2.47 bits per heavy atom. The standard InChI is InChI=1S/C17H25NO/c1-11-7-12(2)9-14(8-11)17(18)16-10-13-5-3-4-6-15(13)19-16/h3-6,11-12,14,16-17H,7-10,18H2,1-2H3. The molecule has 19 heavy (non-hydrogen) atoms. The van der Waals surface area contributed by atoms with Crippen LogP contribution >= 0.6 is 0 Å². The van der Waals surface area contributed by atoms with Crippen LogP contribution in [0.15, 0.2) is 24.3 Å². The number of rotatable bonds is 2. The minimum Gasteiger partial charge on any atom is -0.488 e. The molecule has 0 aromatic heterocycles. The Kier molecular flexibility index (Phi) is 3.53. The molecule has 0 bridgehead atoms. The van der Waals surface area contributed by atoms with Crippen molar-refractivity contribution in [3.8, 4) is 5.75 Å². The zero-order valence-corrected chi connectivity index (χ0v) is 12.0. The van der Waals surface area contributed by atoms with Crippen LogP contribution < -0.4 is 10.5 Å². The predicted octanol–water partition coefficient (Wildman–Crippen LogP) is 3.39. The highest BCUT2D eigenvalue weighted by molar-refractivity contribution is 5.37. The van der Waals surface area contributed by atoms with Crippen LogP contribution in [0.4, 0.5) is 0 Å². The molecule has 1 aromatic rings. The summed E-state index contributed by atoms with van der Waals surface area (Å²) in [5.41, 5.74) is 7.85. The summed E-state index contributed by atoms with van der Waals surface area (Å²) in [6.07, 6.45) is 5.05. The predicted molar refractivity (Wildman–Crippen MR) is 78.2 cm³/mol. The van der Waals surface area contributed by atoms with Gasteiger partial charge in [0.1, 0.15) is 11.9 Å². The molecule has 3 rings (SSSR count). The van der Waals surface area contributed by atoms with Gasteiger partial charge in [0.15, 0.2) is 0 Å². The fraction of sp³-hybridized carbons (Fsp3) is 0.647. The molecule has 0 amide bonds. The summed E-state index contributed by atoms with van der Waals surface area (Å²) in [6, 6.07) is 8.53. The van der Waals surface area contributed by atoms with Crippen LogP contribution in [0.2, 0.25) is 0 Å². The molecule has 1 aliphatic heterocycles. The first kappa shape index (κ1) is 13.0. The molecule has 0 saturated heterocycles. The van der Waals surface area contributed by atoms with Crippen molar-refractivity contribution >= 4 is 0 Å². The van der Waals surface area contributed by atoms with Crippen LogP contribution in [0.25, 0.3) is 0 Å². The van der Waals surface area contributed by atoms with E-state index in [1.807, 2.05) is 6.07 Å². The van der Waals surface area contributed by atoms with Gasteiger partial charge in [-0.05, 0) is 48.6 Å². The number of fused-ring (bicyclic) bond motifs is 1. The smallest absolute Gasteiger partial charge is 0.123 e. The largest absolute Gasteiger partial charge is 0.488 e. The molecular weight excluding hydrogens is 234 g/mol. The molecule has 4 atom stereocenters. The summed E-state index contributed by atoms with van der Waals surface area (Å²) in [7, 11) is 0. The number of nitrogens with two attached hydrogens (primary N) is 1. The third-order valence-electron chi connectivity index (χ3n) is 4.86. The molecule has 2 aliphatic rings. The third kappa shape index (κ3) is 2.64. The summed E-state index contributed by atoms with van der Waals surface area (Å²) in [4.78, 5) is 0. The first-order valence-electron chi connectivity index (χ1n) is 7.63. The molecule has 1 heterocycles. The Labute approximate surface area is 116 Å². The van der Waals surface area contributed by atoms with E-state index < -0.39 is 0 Å². The molecular formula is C17H25NO. The van der Waals surface area contributed by atoms with Crippen molar-refractivity contribution in [3.05, 3.63) is 29.8 Å². The van der Waals surface area contributed by atoms with Crippen molar-refractivity contribution in [2.24, 2.45) is 23.5 Å². The maximum atomic E-state index is 6.53. The highest BCUT2D eigenvalue weighted by Gasteiger charge is 2.36. The first-order valence-corrected chi connectivity index (χ1v) is 7.63. The molecule has 1 aromatic carbocycles. The zero-order valence-electron chi connectivity index (χ0n) is 12.0. The van der Waals surface area contributed by atoms with Gasteiger partial charge in [0.25, 0.3) is 0 Å². The summed E-state index contributed by atoms with van der Waals surface area (Å²) in [6.45, 7) is 4.72. The van der Waals surface area contributed by atoms with E-state index in [2.05, 4.69) is 32.0 Å². The summed E-state index contributed by atoms with van der Waals surface area (Å²) < 4.78 is 6.07. The van der Waals surface area contributed by atoms with Crippen LogP contribution in [0.5, 0.6) is 5.75 Å². The monoisotopic (exact) mass is 259 g/mol. The van der Waals surface area contributed by atoms with Gasteiger partial charge in [-0.3, -0.25) is 0 Å². The third-order valence-corrected chi connectivity index (χ3v) is 4.86. The average Bonchev–Trinajstić information content (AvgIpc) is 2.80. The SMILES string of the molecule is CC1CC(C)CC(C(N)C2Cc3ccccc3O2)C1. The Balaban J connectivity index is 1.67. The van der Waals surface area contributed by atoms with E-state index in [9.17, 15) is 0 Å². The molecule has 104 valence electrons. The van der Waals surface area contributed by atoms with E-state index in [1.54, 1.807) is 0 Å². The van der Waals surface area contributed by atoms with Crippen LogP contribution in [0.1, 0.15) is 38.7 Å². The van der Waals surface area contributed by atoms with Crippen LogP contribution in [-0.4, -0.2) is 12.1 Å².